The summed E-state index contributed by atoms with van der Waals surface area (Å²) in [4.78, 5) is 24.9. The quantitative estimate of drug-likeness (QED) is 0.323. The zero-order valence-corrected chi connectivity index (χ0v) is 22.8. The van der Waals surface area contributed by atoms with Gasteiger partial charge >= 0.3 is 0 Å². The van der Waals surface area contributed by atoms with Crippen LogP contribution in [0.4, 0.5) is 5.13 Å². The van der Waals surface area contributed by atoms with Gasteiger partial charge in [-0.05, 0) is 80.1 Å². The number of fused-ring (bicyclic) bond motifs is 1. The fourth-order valence-electron chi connectivity index (χ4n) is 4.68. The van der Waals surface area contributed by atoms with Crippen molar-refractivity contribution in [2.45, 2.75) is 45.1 Å². The number of sulfonamides is 1. The van der Waals surface area contributed by atoms with Crippen molar-refractivity contribution in [3.63, 3.8) is 0 Å². The Morgan fingerprint density at radius 2 is 1.84 bits per heavy atom. The minimum absolute atomic E-state index is 0.209. The van der Waals surface area contributed by atoms with Crippen LogP contribution in [-0.4, -0.2) is 41.7 Å². The van der Waals surface area contributed by atoms with E-state index < -0.39 is 10.0 Å². The van der Waals surface area contributed by atoms with Gasteiger partial charge in [-0.25, -0.2) is 13.4 Å². The third-order valence-corrected chi connectivity index (χ3v) is 9.91. The molecule has 9 heteroatoms. The number of aromatic nitrogens is 2. The summed E-state index contributed by atoms with van der Waals surface area (Å²) < 4.78 is 29.0. The number of hydrogen-bond donors (Lipinski definition) is 0. The monoisotopic (exact) mass is 534 g/mol. The number of anilines is 1. The van der Waals surface area contributed by atoms with E-state index in [9.17, 15) is 13.2 Å². The molecule has 0 radical (unpaired) electrons. The second-order valence-electron chi connectivity index (χ2n) is 9.72. The normalized spacial score (nSPS) is 16.7. The van der Waals surface area contributed by atoms with Gasteiger partial charge in [-0.3, -0.25) is 14.7 Å². The van der Waals surface area contributed by atoms with Crippen LogP contribution in [0.1, 0.15) is 46.9 Å². The Morgan fingerprint density at radius 1 is 1.08 bits per heavy atom. The van der Waals surface area contributed by atoms with Crippen LogP contribution < -0.4 is 4.90 Å². The number of benzene rings is 2. The van der Waals surface area contributed by atoms with E-state index >= 15 is 0 Å². The molecular formula is C28H30N4O3S2. The molecule has 1 fully saturated rings. The van der Waals surface area contributed by atoms with Crippen LogP contribution in [0.5, 0.6) is 0 Å². The largest absolute Gasteiger partial charge is 0.278 e. The lowest BCUT2D eigenvalue weighted by molar-refractivity contribution is 0.0984. The summed E-state index contributed by atoms with van der Waals surface area (Å²) in [6.07, 6.45) is 3.60. The van der Waals surface area contributed by atoms with E-state index in [1.807, 2.05) is 38.1 Å². The minimum atomic E-state index is -3.60. The number of piperidine rings is 1. The van der Waals surface area contributed by atoms with E-state index in [2.05, 4.69) is 18.0 Å². The van der Waals surface area contributed by atoms with Crippen molar-refractivity contribution in [3.05, 3.63) is 83.2 Å². The van der Waals surface area contributed by atoms with Gasteiger partial charge in [0.25, 0.3) is 5.91 Å². The Labute approximate surface area is 221 Å². The molecule has 1 aliphatic rings. The summed E-state index contributed by atoms with van der Waals surface area (Å²) >= 11 is 1.48. The Hall–Kier alpha value is -3.14. The van der Waals surface area contributed by atoms with Crippen LogP contribution in [0, 0.1) is 19.8 Å². The Balaban J connectivity index is 1.48. The summed E-state index contributed by atoms with van der Waals surface area (Å²) in [5, 5.41) is 0.585. The van der Waals surface area contributed by atoms with Crippen molar-refractivity contribution in [1.82, 2.24) is 14.3 Å². The van der Waals surface area contributed by atoms with Gasteiger partial charge in [-0.1, -0.05) is 36.5 Å². The molecule has 1 atom stereocenters. The predicted octanol–water partition coefficient (Wildman–Crippen LogP) is 5.58. The number of carbonyl (C=O) groups is 1. The first-order valence-electron chi connectivity index (χ1n) is 12.4. The predicted molar refractivity (Wildman–Crippen MR) is 147 cm³/mol. The summed E-state index contributed by atoms with van der Waals surface area (Å²) in [5.74, 6) is 0.0844. The number of aryl methyl sites for hydroxylation is 2. The molecule has 0 saturated carbocycles. The standard InChI is InChI=1S/C28H30N4O3S2/c1-19-7-6-16-31(17-19)37(34,35)24-13-11-22(12-14-24)27(33)32(18-23-8-4-5-15-29-23)28-30-25-20(2)9-10-21(3)26(25)36-28/h4-5,8-15,19H,6-7,16-18H2,1-3H3/t19-/m1/s1. The molecule has 192 valence electrons. The molecule has 37 heavy (non-hydrogen) atoms. The molecule has 0 spiro atoms. The molecule has 4 aromatic rings. The number of nitrogens with zero attached hydrogens (tertiary/aromatic N) is 4. The van der Waals surface area contributed by atoms with E-state index in [0.717, 1.165) is 39.9 Å². The number of hydrogen-bond acceptors (Lipinski definition) is 6. The topological polar surface area (TPSA) is 83.5 Å². The third-order valence-electron chi connectivity index (χ3n) is 6.81. The van der Waals surface area contributed by atoms with Crippen LogP contribution in [0.2, 0.25) is 0 Å². The molecule has 2 aromatic heterocycles. The van der Waals surface area contributed by atoms with Crippen molar-refractivity contribution in [3.8, 4) is 0 Å². The van der Waals surface area contributed by atoms with Gasteiger partial charge in [0.2, 0.25) is 10.0 Å². The third kappa shape index (κ3) is 5.16. The number of carbonyl (C=O) groups excluding carboxylic acids is 1. The van der Waals surface area contributed by atoms with E-state index in [-0.39, 0.29) is 17.3 Å². The van der Waals surface area contributed by atoms with Crippen LogP contribution in [-0.2, 0) is 16.6 Å². The molecule has 3 heterocycles. The van der Waals surface area contributed by atoms with Gasteiger partial charge in [0.1, 0.15) is 0 Å². The maximum atomic E-state index is 13.8. The smallest absolute Gasteiger partial charge is 0.260 e. The first kappa shape index (κ1) is 25.5. The highest BCUT2D eigenvalue weighted by Gasteiger charge is 2.29. The van der Waals surface area contributed by atoms with Crippen molar-refractivity contribution in [2.75, 3.05) is 18.0 Å². The molecule has 0 bridgehead atoms. The van der Waals surface area contributed by atoms with Crippen LogP contribution in [0.15, 0.2) is 65.7 Å². The van der Waals surface area contributed by atoms with Crippen molar-refractivity contribution in [2.24, 2.45) is 5.92 Å². The fourth-order valence-corrected chi connectivity index (χ4v) is 7.39. The maximum Gasteiger partial charge on any atom is 0.260 e. The number of rotatable bonds is 6. The lowest BCUT2D eigenvalue weighted by Crippen LogP contribution is -2.39. The second kappa shape index (κ2) is 10.3. The molecule has 5 rings (SSSR count). The Kier molecular flexibility index (Phi) is 7.11. The molecule has 7 nitrogen and oxygen atoms in total. The molecular weight excluding hydrogens is 504 g/mol. The van der Waals surface area contributed by atoms with E-state index in [1.54, 1.807) is 27.5 Å². The molecule has 0 unspecified atom stereocenters. The lowest BCUT2D eigenvalue weighted by atomic mass is 10.0. The highest BCUT2D eigenvalue weighted by Crippen LogP contribution is 2.34. The van der Waals surface area contributed by atoms with Crippen LogP contribution in [0.3, 0.4) is 0 Å². The van der Waals surface area contributed by atoms with Gasteiger partial charge in [0, 0.05) is 24.8 Å². The van der Waals surface area contributed by atoms with Gasteiger partial charge < -0.3 is 0 Å². The number of amides is 1. The number of thiazole rings is 1. The maximum absolute atomic E-state index is 13.8. The van der Waals surface area contributed by atoms with Crippen molar-refractivity contribution < 1.29 is 13.2 Å². The summed E-state index contributed by atoms with van der Waals surface area (Å²) in [6, 6.07) is 16.0. The van der Waals surface area contributed by atoms with E-state index in [1.165, 1.54) is 23.5 Å². The van der Waals surface area contributed by atoms with Crippen molar-refractivity contribution >= 4 is 42.6 Å². The molecule has 0 N–H and O–H groups in total. The SMILES string of the molecule is Cc1ccc(C)c2sc(N(Cc3ccccn3)C(=O)c3ccc(S(=O)(=O)N4CCC[C@@H](C)C4)cc3)nc12. The highest BCUT2D eigenvalue weighted by atomic mass is 32.2. The van der Waals surface area contributed by atoms with Crippen molar-refractivity contribution in [1.29, 1.82) is 0 Å². The van der Waals surface area contributed by atoms with Gasteiger partial charge in [-0.2, -0.15) is 4.31 Å². The first-order chi connectivity index (χ1) is 17.7. The first-order valence-corrected chi connectivity index (χ1v) is 14.7. The molecule has 1 amide bonds. The Bertz CT molecular complexity index is 1490. The second-order valence-corrected chi connectivity index (χ2v) is 12.6. The molecule has 2 aromatic carbocycles. The average Bonchev–Trinajstić information content (AvgIpc) is 3.36. The summed E-state index contributed by atoms with van der Waals surface area (Å²) in [5.41, 5.74) is 4.18. The van der Waals surface area contributed by atoms with E-state index in [4.69, 9.17) is 4.98 Å². The highest BCUT2D eigenvalue weighted by molar-refractivity contribution is 7.89. The zero-order valence-electron chi connectivity index (χ0n) is 21.2. The van der Waals surface area contributed by atoms with Crippen LogP contribution >= 0.6 is 11.3 Å². The molecule has 0 aliphatic carbocycles. The zero-order chi connectivity index (χ0) is 26.2. The lowest BCUT2D eigenvalue weighted by Gasteiger charge is -2.30. The van der Waals surface area contributed by atoms with Gasteiger partial charge in [0.15, 0.2) is 5.13 Å². The van der Waals surface area contributed by atoms with E-state index in [0.29, 0.717) is 29.7 Å². The minimum Gasteiger partial charge on any atom is -0.278 e. The summed E-state index contributed by atoms with van der Waals surface area (Å²) in [6.45, 7) is 7.43. The fraction of sp³-hybridized carbons (Fsp3) is 0.321. The molecule has 1 aliphatic heterocycles. The average molecular weight is 535 g/mol. The molecule has 1 saturated heterocycles. The van der Waals surface area contributed by atoms with Crippen LogP contribution in [0.25, 0.3) is 10.2 Å². The Morgan fingerprint density at radius 3 is 2.51 bits per heavy atom. The summed E-state index contributed by atoms with van der Waals surface area (Å²) in [7, 11) is -3.60. The number of pyridine rings is 1. The van der Waals surface area contributed by atoms with Gasteiger partial charge in [-0.15, -0.1) is 0 Å². The van der Waals surface area contributed by atoms with Gasteiger partial charge in [0.05, 0.1) is 27.4 Å².